The number of rotatable bonds is 16. The number of carbonyl (C=O) groups excluding carboxylic acids is 1. The van der Waals surface area contributed by atoms with Gasteiger partial charge in [0.15, 0.2) is 0 Å². The van der Waals surface area contributed by atoms with Crippen LogP contribution in [0.5, 0.6) is 11.5 Å². The Morgan fingerprint density at radius 2 is 1.43 bits per heavy atom. The van der Waals surface area contributed by atoms with Crippen LogP contribution in [0.15, 0.2) is 71.8 Å². The lowest BCUT2D eigenvalue weighted by Gasteiger charge is -2.42. The summed E-state index contributed by atoms with van der Waals surface area (Å²) in [4.78, 5) is 13.0. The van der Waals surface area contributed by atoms with Crippen molar-refractivity contribution in [2.75, 3.05) is 26.9 Å². The number of phenols is 1. The summed E-state index contributed by atoms with van der Waals surface area (Å²) in [5.41, 5.74) is 3.66. The van der Waals surface area contributed by atoms with Gasteiger partial charge in [-0.05, 0) is 113 Å². The first kappa shape index (κ1) is 40.8. The van der Waals surface area contributed by atoms with Gasteiger partial charge in [-0.1, -0.05) is 111 Å². The van der Waals surface area contributed by atoms with E-state index in [-0.39, 0.29) is 34.9 Å². The maximum atomic E-state index is 13.0. The Hall–Kier alpha value is -2.93. The van der Waals surface area contributed by atoms with Crippen molar-refractivity contribution < 1.29 is 29.2 Å². The Morgan fingerprint density at radius 1 is 0.843 bits per heavy atom. The zero-order valence-corrected chi connectivity index (χ0v) is 33.6. The van der Waals surface area contributed by atoms with Gasteiger partial charge < -0.3 is 24.4 Å². The zero-order valence-electron chi connectivity index (χ0n) is 33.6. The highest BCUT2D eigenvalue weighted by atomic mass is 16.6. The number of aliphatic hydroxyl groups is 1. The molecule has 6 nitrogen and oxygen atoms in total. The SMILES string of the molecule is COCC1=CC(C)=CC2(CO)CC12OCC(=O)Oc1ccc(C(CC(C)(C)CCC(C)(C)C(CC(C)(C)C)c2ccc(O)cc2)C(C)(C)C)cc1. The fourth-order valence-corrected chi connectivity index (χ4v) is 8.39. The molecule has 2 aromatic rings. The van der Waals surface area contributed by atoms with Gasteiger partial charge in [0, 0.05) is 12.5 Å². The number of allylic oxidation sites excluding steroid dienone is 2. The van der Waals surface area contributed by atoms with E-state index < -0.39 is 17.0 Å². The third-order valence-corrected chi connectivity index (χ3v) is 11.5. The molecular weight excluding hydrogens is 636 g/mol. The number of aromatic hydroxyl groups is 1. The Morgan fingerprint density at radius 3 is 1.98 bits per heavy atom. The predicted molar refractivity (Wildman–Crippen MR) is 207 cm³/mol. The number of ether oxygens (including phenoxy) is 3. The number of methoxy groups -OCH3 is 1. The van der Waals surface area contributed by atoms with E-state index in [2.05, 4.69) is 93.5 Å². The first-order valence-electron chi connectivity index (χ1n) is 18.8. The molecule has 0 aromatic heterocycles. The summed E-state index contributed by atoms with van der Waals surface area (Å²) in [6, 6.07) is 15.8. The van der Waals surface area contributed by atoms with Crippen LogP contribution < -0.4 is 4.74 Å². The molecule has 0 bridgehead atoms. The lowest BCUT2D eigenvalue weighted by molar-refractivity contribution is -0.142. The third-order valence-electron chi connectivity index (χ3n) is 11.5. The highest BCUT2D eigenvalue weighted by molar-refractivity contribution is 5.74. The summed E-state index contributed by atoms with van der Waals surface area (Å²) in [6.07, 6.45) is 8.98. The number of aliphatic hydroxyl groups excluding tert-OH is 1. The highest BCUT2D eigenvalue weighted by Crippen LogP contribution is 2.65. The van der Waals surface area contributed by atoms with Crippen molar-refractivity contribution >= 4 is 5.97 Å². The number of hydrogen-bond acceptors (Lipinski definition) is 6. The van der Waals surface area contributed by atoms with Crippen molar-refractivity contribution in [1.82, 2.24) is 0 Å². The molecule has 1 saturated carbocycles. The number of esters is 1. The van der Waals surface area contributed by atoms with Gasteiger partial charge in [0.1, 0.15) is 23.7 Å². The van der Waals surface area contributed by atoms with Crippen LogP contribution in [0.2, 0.25) is 0 Å². The van der Waals surface area contributed by atoms with Crippen molar-refractivity contribution in [1.29, 1.82) is 0 Å². The monoisotopic (exact) mass is 702 g/mol. The van der Waals surface area contributed by atoms with E-state index in [4.69, 9.17) is 14.2 Å². The van der Waals surface area contributed by atoms with Gasteiger partial charge in [0.25, 0.3) is 0 Å². The van der Waals surface area contributed by atoms with Crippen LogP contribution in [0.3, 0.4) is 0 Å². The molecule has 0 spiro atoms. The lowest BCUT2D eigenvalue weighted by Crippen LogP contribution is -2.34. The molecule has 6 heteroatoms. The molecular formula is C45H66O6. The molecule has 0 radical (unpaired) electrons. The fraction of sp³-hybridized carbons (Fsp3) is 0.622. The zero-order chi connectivity index (χ0) is 38.0. The summed E-state index contributed by atoms with van der Waals surface area (Å²) < 4.78 is 17.4. The molecule has 2 aliphatic carbocycles. The van der Waals surface area contributed by atoms with Gasteiger partial charge in [0.05, 0.1) is 13.2 Å². The minimum Gasteiger partial charge on any atom is -0.508 e. The van der Waals surface area contributed by atoms with E-state index in [1.807, 2.05) is 43.3 Å². The maximum absolute atomic E-state index is 13.0. The van der Waals surface area contributed by atoms with Gasteiger partial charge in [-0.15, -0.1) is 0 Å². The summed E-state index contributed by atoms with van der Waals surface area (Å²) in [5.74, 6) is 1.02. The van der Waals surface area contributed by atoms with E-state index in [1.165, 1.54) is 11.1 Å². The van der Waals surface area contributed by atoms with Crippen LogP contribution in [0, 0.1) is 27.1 Å². The molecule has 0 amide bonds. The van der Waals surface area contributed by atoms with Crippen molar-refractivity contribution in [3.8, 4) is 11.5 Å². The molecule has 4 rings (SSSR count). The second-order valence-corrected chi connectivity index (χ2v) is 19.3. The molecule has 4 unspecified atom stereocenters. The van der Waals surface area contributed by atoms with Crippen LogP contribution in [0.1, 0.15) is 131 Å². The number of phenolic OH excluding ortho intramolecular Hbond substituents is 1. The van der Waals surface area contributed by atoms with E-state index >= 15 is 0 Å². The smallest absolute Gasteiger partial charge is 0.337 e. The van der Waals surface area contributed by atoms with Crippen LogP contribution in [-0.4, -0.2) is 48.7 Å². The van der Waals surface area contributed by atoms with Gasteiger partial charge in [-0.2, -0.15) is 0 Å². The molecule has 2 aliphatic rings. The third kappa shape index (κ3) is 9.94. The Balaban J connectivity index is 1.41. The molecule has 0 heterocycles. The fourth-order valence-electron chi connectivity index (χ4n) is 8.39. The lowest BCUT2D eigenvalue weighted by atomic mass is 9.63. The molecule has 282 valence electrons. The van der Waals surface area contributed by atoms with E-state index in [0.29, 0.717) is 36.4 Å². The molecule has 1 fully saturated rings. The van der Waals surface area contributed by atoms with E-state index in [9.17, 15) is 15.0 Å². The number of fused-ring (bicyclic) bond motifs is 1. The van der Waals surface area contributed by atoms with Crippen molar-refractivity contribution in [2.24, 2.45) is 27.1 Å². The molecule has 2 aromatic carbocycles. The largest absolute Gasteiger partial charge is 0.508 e. The average Bonchev–Trinajstić information content (AvgIpc) is 3.70. The van der Waals surface area contributed by atoms with Gasteiger partial charge >= 0.3 is 5.97 Å². The topological polar surface area (TPSA) is 85.2 Å². The van der Waals surface area contributed by atoms with Crippen molar-refractivity contribution in [2.45, 2.75) is 126 Å². The second-order valence-electron chi connectivity index (χ2n) is 19.3. The molecule has 0 saturated heterocycles. The van der Waals surface area contributed by atoms with Crippen LogP contribution >= 0.6 is 0 Å². The Bertz CT molecular complexity index is 1550. The summed E-state index contributed by atoms with van der Waals surface area (Å²) in [7, 11) is 1.64. The molecule has 2 N–H and O–H groups in total. The summed E-state index contributed by atoms with van der Waals surface area (Å²) >= 11 is 0. The number of hydrogen-bond donors (Lipinski definition) is 2. The minimum absolute atomic E-state index is 0.0304. The second kappa shape index (κ2) is 15.2. The van der Waals surface area contributed by atoms with Crippen molar-refractivity contribution in [3.63, 3.8) is 0 Å². The van der Waals surface area contributed by atoms with Gasteiger partial charge in [-0.3, -0.25) is 0 Å². The molecule has 51 heavy (non-hydrogen) atoms. The van der Waals surface area contributed by atoms with E-state index in [0.717, 1.165) is 36.8 Å². The molecule has 4 atom stereocenters. The quantitative estimate of drug-likeness (QED) is 0.134. The van der Waals surface area contributed by atoms with Crippen molar-refractivity contribution in [3.05, 3.63) is 83.0 Å². The minimum atomic E-state index is -0.735. The summed E-state index contributed by atoms with van der Waals surface area (Å²) in [6.45, 7) is 25.6. The maximum Gasteiger partial charge on any atom is 0.337 e. The first-order chi connectivity index (χ1) is 23.6. The Labute approximate surface area is 308 Å². The summed E-state index contributed by atoms with van der Waals surface area (Å²) in [5, 5.41) is 20.2. The number of benzene rings is 2. The Kier molecular flexibility index (Phi) is 12.2. The normalized spacial score (nSPS) is 22.1. The van der Waals surface area contributed by atoms with Crippen LogP contribution in [-0.2, 0) is 14.3 Å². The van der Waals surface area contributed by atoms with Gasteiger partial charge in [-0.25, -0.2) is 4.79 Å². The predicted octanol–water partition coefficient (Wildman–Crippen LogP) is 10.5. The molecule has 0 aliphatic heterocycles. The first-order valence-corrected chi connectivity index (χ1v) is 18.8. The van der Waals surface area contributed by atoms with Crippen LogP contribution in [0.25, 0.3) is 0 Å². The van der Waals surface area contributed by atoms with E-state index in [1.54, 1.807) is 7.11 Å². The average molecular weight is 703 g/mol. The standard InChI is InChI=1S/C45H66O6/c1-31-23-34(27-49-12)45(29-44(45,24-31)30-46)50-28-39(48)51-36-19-15-32(16-20-36)37(41(5,6)7)26-42(8,9)21-22-43(10,11)38(25-40(2,3)4)33-13-17-35(47)18-14-33/h13-20,23-24,37-38,46-47H,21-22,25-30H2,1-12H3. The number of carbonyl (C=O) groups is 1. The van der Waals surface area contributed by atoms with Gasteiger partial charge in [0.2, 0.25) is 0 Å². The highest BCUT2D eigenvalue weighted by Gasteiger charge is 2.70. The van der Waals surface area contributed by atoms with Crippen LogP contribution in [0.4, 0.5) is 0 Å².